The summed E-state index contributed by atoms with van der Waals surface area (Å²) in [5, 5.41) is 7.67. The summed E-state index contributed by atoms with van der Waals surface area (Å²) in [5.41, 5.74) is 0.241. The molecule has 2 aromatic rings. The zero-order chi connectivity index (χ0) is 19.9. The molecule has 2 N–H and O–H groups in total. The first kappa shape index (κ1) is 21.0. The molecule has 0 spiro atoms. The summed E-state index contributed by atoms with van der Waals surface area (Å²) in [5.74, 6) is 0.551. The number of nitrogens with zero attached hydrogens (tertiary/aromatic N) is 3. The normalized spacial score (nSPS) is 13.3. The predicted octanol–water partition coefficient (Wildman–Crippen LogP) is 3.74. The van der Waals surface area contributed by atoms with Crippen molar-refractivity contribution in [2.45, 2.75) is 32.6 Å². The Morgan fingerprint density at radius 2 is 1.96 bits per heavy atom. The van der Waals surface area contributed by atoms with E-state index in [0.29, 0.717) is 24.1 Å². The van der Waals surface area contributed by atoms with E-state index in [0.717, 1.165) is 22.4 Å². The van der Waals surface area contributed by atoms with E-state index < -0.39 is 11.9 Å². The van der Waals surface area contributed by atoms with Crippen LogP contribution in [0.1, 0.15) is 24.5 Å². The number of rotatable bonds is 7. The van der Waals surface area contributed by atoms with E-state index in [9.17, 15) is 13.2 Å². The first-order valence-corrected chi connectivity index (χ1v) is 9.51. The van der Waals surface area contributed by atoms with Crippen LogP contribution < -0.4 is 15.5 Å². The van der Waals surface area contributed by atoms with Gasteiger partial charge in [0.15, 0.2) is 11.7 Å². The van der Waals surface area contributed by atoms with Crippen molar-refractivity contribution in [1.82, 2.24) is 15.6 Å². The van der Waals surface area contributed by atoms with Crippen molar-refractivity contribution in [2.75, 3.05) is 25.0 Å². The van der Waals surface area contributed by atoms with Crippen LogP contribution in [0.2, 0.25) is 0 Å². The minimum Gasteiger partial charge on any atom is -0.370 e. The zero-order valence-corrected chi connectivity index (χ0v) is 16.4. The van der Waals surface area contributed by atoms with Crippen molar-refractivity contribution in [3.8, 4) is 0 Å². The second kappa shape index (κ2) is 9.59. The van der Waals surface area contributed by atoms with E-state index in [1.165, 1.54) is 0 Å². The van der Waals surface area contributed by atoms with Crippen LogP contribution in [0.25, 0.3) is 0 Å². The van der Waals surface area contributed by atoms with Gasteiger partial charge in [0.05, 0.1) is 6.54 Å². The predicted molar refractivity (Wildman–Crippen MR) is 104 cm³/mol. The van der Waals surface area contributed by atoms with Crippen LogP contribution in [-0.2, 0) is 12.7 Å². The van der Waals surface area contributed by atoms with Crippen LogP contribution in [0.4, 0.5) is 18.9 Å². The summed E-state index contributed by atoms with van der Waals surface area (Å²) in [6, 6.07) is 10.2. The van der Waals surface area contributed by atoms with Crippen molar-refractivity contribution >= 4 is 23.0 Å². The van der Waals surface area contributed by atoms with E-state index in [-0.39, 0.29) is 12.6 Å². The fourth-order valence-corrected chi connectivity index (χ4v) is 3.03. The first-order valence-electron chi connectivity index (χ1n) is 8.63. The lowest BCUT2D eigenvalue weighted by Crippen LogP contribution is -2.45. The maximum atomic E-state index is 12.6. The molecule has 9 heteroatoms. The number of anilines is 1. The third kappa shape index (κ3) is 6.42. The summed E-state index contributed by atoms with van der Waals surface area (Å²) in [6.07, 6.45) is -4.42. The fraction of sp³-hybridized carbons (Fsp3) is 0.444. The van der Waals surface area contributed by atoms with Crippen LogP contribution >= 0.6 is 11.3 Å². The number of nitrogens with one attached hydrogen (secondary N) is 2. The Balaban J connectivity index is 1.94. The number of guanidine groups is 1. The number of hydrogen-bond acceptors (Lipinski definition) is 4. The Kier molecular flexibility index (Phi) is 7.46. The van der Waals surface area contributed by atoms with Crippen LogP contribution in [0.15, 0.2) is 40.7 Å². The number of aliphatic imine (C=N–C) groups is 1. The number of para-hydroxylation sites is 1. The summed E-state index contributed by atoms with van der Waals surface area (Å²) >= 11 is 0.961. The highest BCUT2D eigenvalue weighted by Crippen LogP contribution is 2.30. The van der Waals surface area contributed by atoms with E-state index in [2.05, 4.69) is 32.4 Å². The molecule has 0 bridgehead atoms. The van der Waals surface area contributed by atoms with Crippen LogP contribution in [0.3, 0.4) is 0 Å². The molecule has 27 heavy (non-hydrogen) atoms. The van der Waals surface area contributed by atoms with Crippen LogP contribution in [0, 0.1) is 0 Å². The lowest BCUT2D eigenvalue weighted by Gasteiger charge is -2.27. The van der Waals surface area contributed by atoms with Gasteiger partial charge in [-0.3, -0.25) is 0 Å². The Labute approximate surface area is 161 Å². The maximum absolute atomic E-state index is 12.6. The number of benzene rings is 1. The minimum absolute atomic E-state index is 0.0962. The smallest absolute Gasteiger partial charge is 0.370 e. The van der Waals surface area contributed by atoms with Gasteiger partial charge < -0.3 is 15.5 Å². The third-order valence-electron chi connectivity index (χ3n) is 3.95. The molecule has 0 aliphatic carbocycles. The quantitative estimate of drug-likeness (QED) is 0.550. The molecule has 1 unspecified atom stereocenters. The topological polar surface area (TPSA) is 52.6 Å². The molecule has 0 aliphatic heterocycles. The molecule has 1 aromatic carbocycles. The van der Waals surface area contributed by atoms with Gasteiger partial charge in [-0.15, -0.1) is 11.3 Å². The number of alkyl halides is 3. The molecule has 0 saturated carbocycles. The lowest BCUT2D eigenvalue weighted by atomic mass is 10.2. The van der Waals surface area contributed by atoms with Gasteiger partial charge in [-0.05, 0) is 26.0 Å². The van der Waals surface area contributed by atoms with Gasteiger partial charge in [0.25, 0.3) is 0 Å². The Morgan fingerprint density at radius 3 is 2.56 bits per heavy atom. The lowest BCUT2D eigenvalue weighted by molar-refractivity contribution is -0.140. The molecule has 5 nitrogen and oxygen atoms in total. The van der Waals surface area contributed by atoms with Gasteiger partial charge in [-0.1, -0.05) is 18.2 Å². The van der Waals surface area contributed by atoms with Gasteiger partial charge >= 0.3 is 6.18 Å². The van der Waals surface area contributed by atoms with Crippen molar-refractivity contribution in [3.63, 3.8) is 0 Å². The van der Waals surface area contributed by atoms with Crippen molar-refractivity contribution in [3.05, 3.63) is 46.4 Å². The van der Waals surface area contributed by atoms with Crippen molar-refractivity contribution < 1.29 is 13.2 Å². The highest BCUT2D eigenvalue weighted by Gasteiger charge is 2.33. The highest BCUT2D eigenvalue weighted by molar-refractivity contribution is 7.09. The number of aromatic nitrogens is 1. The molecular weight excluding hydrogens is 375 g/mol. The SMILES string of the molecule is CCNC(=NCc1nc(C(F)(F)F)cs1)NCC(C)N(C)c1ccccc1. The number of thiazole rings is 1. The standard InChI is InChI=1S/C18H24F3N5S/c1-4-22-17(24-11-16-25-15(12-27-16)18(19,20)21)23-10-13(2)26(3)14-8-6-5-7-9-14/h5-9,12-13H,4,10-11H2,1-3H3,(H2,22,23,24). The molecule has 0 amide bonds. The van der Waals surface area contributed by atoms with Gasteiger partial charge in [0.1, 0.15) is 5.01 Å². The fourth-order valence-electron chi connectivity index (χ4n) is 2.30. The molecule has 2 rings (SSSR count). The molecule has 1 atom stereocenters. The molecule has 0 aliphatic rings. The van der Waals surface area contributed by atoms with Crippen LogP contribution in [-0.4, -0.2) is 37.1 Å². The molecule has 1 aromatic heterocycles. The van der Waals surface area contributed by atoms with Gasteiger partial charge in [0, 0.05) is 37.2 Å². The summed E-state index contributed by atoms with van der Waals surface area (Å²) in [4.78, 5) is 10.1. The third-order valence-corrected chi connectivity index (χ3v) is 4.78. The maximum Gasteiger partial charge on any atom is 0.434 e. The van der Waals surface area contributed by atoms with Crippen LogP contribution in [0.5, 0.6) is 0 Å². The van der Waals surface area contributed by atoms with Gasteiger partial charge in [-0.25, -0.2) is 9.98 Å². The molecule has 0 saturated heterocycles. The Morgan fingerprint density at radius 1 is 1.26 bits per heavy atom. The molecular formula is C18H24F3N5S. The summed E-state index contributed by atoms with van der Waals surface area (Å²) in [7, 11) is 2.01. The van der Waals surface area contributed by atoms with E-state index in [4.69, 9.17) is 0 Å². The highest BCUT2D eigenvalue weighted by atomic mass is 32.1. The first-order chi connectivity index (χ1) is 12.8. The minimum atomic E-state index is -4.42. The molecule has 148 valence electrons. The average Bonchev–Trinajstić information content (AvgIpc) is 3.13. The largest absolute Gasteiger partial charge is 0.434 e. The number of likely N-dealkylation sites (N-methyl/N-ethyl adjacent to an activating group) is 1. The average molecular weight is 399 g/mol. The second-order valence-corrected chi connectivity index (χ2v) is 6.94. The molecule has 0 fully saturated rings. The van der Waals surface area contributed by atoms with Crippen molar-refractivity contribution in [2.24, 2.45) is 4.99 Å². The zero-order valence-electron chi connectivity index (χ0n) is 15.5. The van der Waals surface area contributed by atoms with E-state index >= 15 is 0 Å². The van der Waals surface area contributed by atoms with E-state index in [1.54, 1.807) is 0 Å². The molecule has 1 heterocycles. The number of halogens is 3. The Bertz CT molecular complexity index is 730. The monoisotopic (exact) mass is 399 g/mol. The summed E-state index contributed by atoms with van der Waals surface area (Å²) < 4.78 is 37.9. The number of hydrogen-bond donors (Lipinski definition) is 2. The van der Waals surface area contributed by atoms with Gasteiger partial charge in [0.2, 0.25) is 0 Å². The molecule has 0 radical (unpaired) electrons. The second-order valence-electron chi connectivity index (χ2n) is 6.00. The summed E-state index contributed by atoms with van der Waals surface area (Å²) in [6.45, 7) is 5.39. The van der Waals surface area contributed by atoms with E-state index in [1.807, 2.05) is 44.3 Å². The Hall–Kier alpha value is -2.29. The van der Waals surface area contributed by atoms with Gasteiger partial charge in [-0.2, -0.15) is 13.2 Å². The van der Waals surface area contributed by atoms with Crippen molar-refractivity contribution in [1.29, 1.82) is 0 Å².